The molecule has 0 spiro atoms. The molecular weight excluding hydrogens is 348 g/mol. The average molecular weight is 387 g/mol. The highest BCUT2D eigenvalue weighted by molar-refractivity contribution is 6.36. The van der Waals surface area contributed by atoms with Gasteiger partial charge in [0.2, 0.25) is 6.54 Å². The van der Waals surface area contributed by atoms with E-state index in [2.05, 4.69) is 12.1 Å². The van der Waals surface area contributed by atoms with E-state index in [1.807, 2.05) is 0 Å². The highest BCUT2D eigenvalue weighted by atomic mass is 16.6. The van der Waals surface area contributed by atoms with Crippen LogP contribution in [0.5, 0.6) is 0 Å². The lowest BCUT2D eigenvalue weighted by Gasteiger charge is -2.06. The Balaban J connectivity index is 3.54. The van der Waals surface area contributed by atoms with Crippen LogP contribution >= 0.6 is 0 Å². The van der Waals surface area contributed by atoms with Crippen molar-refractivity contribution in [1.82, 2.24) is 0 Å². The zero-order valence-corrected chi connectivity index (χ0v) is 17.0. The minimum Gasteiger partial charge on any atom is -0.461 e. The van der Waals surface area contributed by atoms with E-state index in [1.54, 1.807) is 0 Å². The Bertz CT molecular complexity index is 413. The maximum Gasteiger partial charge on any atom is 0.356 e. The lowest BCUT2D eigenvalue weighted by atomic mass is 10.1. The second-order valence-corrected chi connectivity index (χ2v) is 7.09. The van der Waals surface area contributed by atoms with Crippen LogP contribution in [0, 0.1) is 10.1 Å². The number of rotatable bonds is 19. The van der Waals surface area contributed by atoms with Crippen molar-refractivity contribution in [3.05, 3.63) is 10.1 Å². The highest BCUT2D eigenvalue weighted by Crippen LogP contribution is 2.11. The number of carbonyl (C=O) groups excluding carboxylic acids is 1. The van der Waals surface area contributed by atoms with Crippen LogP contribution in [0.1, 0.15) is 103 Å². The zero-order chi connectivity index (χ0) is 20.2. The number of oxime groups is 1. The smallest absolute Gasteiger partial charge is 0.356 e. The third kappa shape index (κ3) is 17.5. The van der Waals surface area contributed by atoms with E-state index in [0.29, 0.717) is 19.4 Å². The molecule has 158 valence electrons. The molecule has 0 unspecified atom stereocenters. The van der Waals surface area contributed by atoms with Gasteiger partial charge < -0.3 is 9.94 Å². The standard InChI is InChI=1S/C20H38N2O5/c1-2-3-4-5-12-15-18-27-20(23)19(21-24)16-13-10-8-6-7-9-11-14-17-22(25)26/h24H,2-18H2,1H3/b21-19-. The van der Waals surface area contributed by atoms with Gasteiger partial charge in [-0.2, -0.15) is 0 Å². The number of nitrogens with zero attached hydrogens (tertiary/aromatic N) is 2. The Morgan fingerprint density at radius 2 is 1.41 bits per heavy atom. The summed E-state index contributed by atoms with van der Waals surface area (Å²) >= 11 is 0. The zero-order valence-electron chi connectivity index (χ0n) is 17.0. The van der Waals surface area contributed by atoms with Gasteiger partial charge in [-0.15, -0.1) is 0 Å². The van der Waals surface area contributed by atoms with Gasteiger partial charge in [0.25, 0.3) is 0 Å². The molecule has 0 aliphatic rings. The molecule has 0 amide bonds. The van der Waals surface area contributed by atoms with Crippen molar-refractivity contribution in [3.8, 4) is 0 Å². The molecule has 0 saturated carbocycles. The van der Waals surface area contributed by atoms with Crippen LogP contribution in [0.15, 0.2) is 5.16 Å². The molecule has 0 rings (SSSR count). The number of hydrogen-bond acceptors (Lipinski definition) is 6. The largest absolute Gasteiger partial charge is 0.461 e. The molecule has 0 radical (unpaired) electrons. The van der Waals surface area contributed by atoms with Gasteiger partial charge in [-0.25, -0.2) is 4.79 Å². The van der Waals surface area contributed by atoms with E-state index >= 15 is 0 Å². The van der Waals surface area contributed by atoms with Crippen molar-refractivity contribution in [2.75, 3.05) is 13.2 Å². The summed E-state index contributed by atoms with van der Waals surface area (Å²) in [5, 5.41) is 22.3. The number of hydrogen-bond donors (Lipinski definition) is 1. The van der Waals surface area contributed by atoms with Crippen LogP contribution in [0.4, 0.5) is 0 Å². The van der Waals surface area contributed by atoms with E-state index in [1.165, 1.54) is 25.7 Å². The van der Waals surface area contributed by atoms with Crippen LogP contribution in [0.3, 0.4) is 0 Å². The van der Waals surface area contributed by atoms with Gasteiger partial charge in [0.05, 0.1) is 6.61 Å². The Labute approximate surface area is 163 Å². The Kier molecular flexibility index (Phi) is 17.9. The maximum absolute atomic E-state index is 11.9. The third-order valence-electron chi connectivity index (χ3n) is 4.59. The van der Waals surface area contributed by atoms with Crippen molar-refractivity contribution < 1.29 is 19.7 Å². The summed E-state index contributed by atoms with van der Waals surface area (Å²) in [5.74, 6) is -0.503. The minimum atomic E-state index is -0.503. The normalized spacial score (nSPS) is 11.5. The van der Waals surface area contributed by atoms with Crippen molar-refractivity contribution in [1.29, 1.82) is 0 Å². The molecule has 7 heteroatoms. The molecular formula is C20H38N2O5. The first kappa shape index (κ1) is 25.3. The Morgan fingerprint density at radius 3 is 1.96 bits per heavy atom. The molecule has 1 N–H and O–H groups in total. The number of ether oxygens (including phenoxy) is 1. The molecule has 7 nitrogen and oxygen atoms in total. The van der Waals surface area contributed by atoms with Gasteiger partial charge in [-0.3, -0.25) is 10.1 Å². The fourth-order valence-corrected chi connectivity index (χ4v) is 2.92. The van der Waals surface area contributed by atoms with Crippen LogP contribution in [0.2, 0.25) is 0 Å². The molecule has 0 aromatic rings. The lowest BCUT2D eigenvalue weighted by Crippen LogP contribution is -2.18. The van der Waals surface area contributed by atoms with Crippen LogP contribution < -0.4 is 0 Å². The van der Waals surface area contributed by atoms with Gasteiger partial charge in [0.15, 0.2) is 5.71 Å². The van der Waals surface area contributed by atoms with Crippen molar-refractivity contribution >= 4 is 11.7 Å². The first-order valence-electron chi connectivity index (χ1n) is 10.6. The van der Waals surface area contributed by atoms with Gasteiger partial charge in [0, 0.05) is 17.8 Å². The molecule has 0 atom stereocenters. The molecule has 0 aromatic carbocycles. The van der Waals surface area contributed by atoms with E-state index in [9.17, 15) is 14.9 Å². The van der Waals surface area contributed by atoms with Gasteiger partial charge in [0.1, 0.15) is 0 Å². The Hall–Kier alpha value is -1.66. The molecule has 0 fully saturated rings. The molecule has 27 heavy (non-hydrogen) atoms. The monoisotopic (exact) mass is 386 g/mol. The molecule has 0 aliphatic heterocycles. The Morgan fingerprint density at radius 1 is 0.889 bits per heavy atom. The number of nitro groups is 1. The first-order chi connectivity index (χ1) is 13.1. The number of carbonyl (C=O) groups is 1. The molecule has 0 saturated heterocycles. The van der Waals surface area contributed by atoms with Crippen LogP contribution in [-0.4, -0.2) is 35.0 Å². The van der Waals surface area contributed by atoms with E-state index in [-0.39, 0.29) is 17.2 Å². The first-order valence-corrected chi connectivity index (χ1v) is 10.6. The molecule has 0 aromatic heterocycles. The van der Waals surface area contributed by atoms with Crippen LogP contribution in [-0.2, 0) is 9.53 Å². The summed E-state index contributed by atoms with van der Waals surface area (Å²) in [4.78, 5) is 21.8. The second kappa shape index (κ2) is 19.1. The maximum atomic E-state index is 11.9. The van der Waals surface area contributed by atoms with Gasteiger partial charge >= 0.3 is 5.97 Å². The fraction of sp³-hybridized carbons (Fsp3) is 0.900. The third-order valence-corrected chi connectivity index (χ3v) is 4.59. The second-order valence-electron chi connectivity index (χ2n) is 7.09. The molecule has 0 bridgehead atoms. The molecule has 0 heterocycles. The predicted molar refractivity (Wildman–Crippen MR) is 107 cm³/mol. The minimum absolute atomic E-state index is 0.0677. The quantitative estimate of drug-likeness (QED) is 0.0787. The SMILES string of the molecule is CCCCCCCCOC(=O)/C(CCCCCCCCCC[N+](=O)[O-])=N\O. The van der Waals surface area contributed by atoms with Crippen LogP contribution in [0.25, 0.3) is 0 Å². The van der Waals surface area contributed by atoms with Gasteiger partial charge in [-0.05, 0) is 19.3 Å². The topological polar surface area (TPSA) is 102 Å². The van der Waals surface area contributed by atoms with Crippen molar-refractivity contribution in [3.63, 3.8) is 0 Å². The molecule has 0 aliphatic carbocycles. The fourth-order valence-electron chi connectivity index (χ4n) is 2.92. The van der Waals surface area contributed by atoms with Crippen molar-refractivity contribution in [2.45, 2.75) is 103 Å². The number of esters is 1. The summed E-state index contributed by atoms with van der Waals surface area (Å²) in [6.07, 6.45) is 14.8. The average Bonchev–Trinajstić information content (AvgIpc) is 2.65. The summed E-state index contributed by atoms with van der Waals surface area (Å²) in [6, 6.07) is 0. The summed E-state index contributed by atoms with van der Waals surface area (Å²) < 4.78 is 5.17. The van der Waals surface area contributed by atoms with Gasteiger partial charge in [-0.1, -0.05) is 76.3 Å². The van der Waals surface area contributed by atoms with E-state index in [0.717, 1.165) is 57.8 Å². The highest BCUT2D eigenvalue weighted by Gasteiger charge is 2.13. The summed E-state index contributed by atoms with van der Waals surface area (Å²) in [7, 11) is 0. The van der Waals surface area contributed by atoms with E-state index in [4.69, 9.17) is 9.94 Å². The summed E-state index contributed by atoms with van der Waals surface area (Å²) in [6.45, 7) is 2.64. The van der Waals surface area contributed by atoms with Crippen molar-refractivity contribution in [2.24, 2.45) is 5.16 Å². The van der Waals surface area contributed by atoms with E-state index < -0.39 is 5.97 Å². The lowest BCUT2D eigenvalue weighted by molar-refractivity contribution is -0.480. The summed E-state index contributed by atoms with van der Waals surface area (Å²) in [5.41, 5.74) is 0.112. The predicted octanol–water partition coefficient (Wildman–Crippen LogP) is 5.51. The number of unbranched alkanes of at least 4 members (excludes halogenated alkanes) is 12.